The van der Waals surface area contributed by atoms with E-state index in [9.17, 15) is 9.59 Å². The second kappa shape index (κ2) is 10.7. The first-order chi connectivity index (χ1) is 18.5. The Kier molecular flexibility index (Phi) is 7.03. The Labute approximate surface area is 220 Å². The van der Waals surface area contributed by atoms with Crippen molar-refractivity contribution >= 4 is 28.7 Å². The number of rotatable bonds is 7. The summed E-state index contributed by atoms with van der Waals surface area (Å²) < 4.78 is 7.01. The molecule has 194 valence electrons. The molecule has 2 aromatic carbocycles. The van der Waals surface area contributed by atoms with Crippen molar-refractivity contribution in [3.05, 3.63) is 78.6 Å². The molecule has 10 nitrogen and oxygen atoms in total. The number of piperidine rings is 1. The Morgan fingerprint density at radius 2 is 1.92 bits per heavy atom. The van der Waals surface area contributed by atoms with Gasteiger partial charge in [0.1, 0.15) is 23.6 Å². The van der Waals surface area contributed by atoms with Crippen molar-refractivity contribution in [1.29, 1.82) is 0 Å². The maximum absolute atomic E-state index is 12.5. The molecule has 0 radical (unpaired) electrons. The van der Waals surface area contributed by atoms with Crippen LogP contribution in [0.25, 0.3) is 22.3 Å². The lowest BCUT2D eigenvalue weighted by molar-refractivity contribution is -0.127. The van der Waals surface area contributed by atoms with Gasteiger partial charge in [0.05, 0.1) is 18.5 Å². The normalized spacial score (nSPS) is 15.3. The van der Waals surface area contributed by atoms with Crippen molar-refractivity contribution < 1.29 is 14.3 Å². The minimum absolute atomic E-state index is 0.0364. The third-order valence-corrected chi connectivity index (χ3v) is 6.78. The first-order valence-corrected chi connectivity index (χ1v) is 12.4. The van der Waals surface area contributed by atoms with Gasteiger partial charge in [-0.25, -0.2) is 14.6 Å². The highest BCUT2D eigenvalue weighted by molar-refractivity contribution is 5.98. The van der Waals surface area contributed by atoms with Crippen LogP contribution in [0.2, 0.25) is 0 Å². The minimum Gasteiger partial charge on any atom is -0.497 e. The highest BCUT2D eigenvalue weighted by Crippen LogP contribution is 2.33. The van der Waals surface area contributed by atoms with E-state index in [-0.39, 0.29) is 17.9 Å². The van der Waals surface area contributed by atoms with Gasteiger partial charge < -0.3 is 20.7 Å². The van der Waals surface area contributed by atoms with E-state index in [0.717, 1.165) is 24.0 Å². The topological polar surface area (TPSA) is 128 Å². The number of ether oxygens (including phenoxy) is 1. The summed E-state index contributed by atoms with van der Waals surface area (Å²) in [6, 6.07) is 14.7. The summed E-state index contributed by atoms with van der Waals surface area (Å²) in [7, 11) is 1.59. The van der Waals surface area contributed by atoms with Crippen LogP contribution in [0.5, 0.6) is 5.75 Å². The van der Waals surface area contributed by atoms with Gasteiger partial charge in [-0.1, -0.05) is 30.8 Å². The summed E-state index contributed by atoms with van der Waals surface area (Å²) in [6.45, 7) is 5.21. The maximum atomic E-state index is 12.5. The SMILES string of the molecule is C=CC(=O)N1CCC[C@@H](n2nc(-c3ccc(CNC(=O)c4ccc(OC)cc4)cc3)c3c(N)ncnc32)C1. The Morgan fingerprint density at radius 3 is 2.63 bits per heavy atom. The lowest BCUT2D eigenvalue weighted by Crippen LogP contribution is -2.40. The van der Waals surface area contributed by atoms with Crippen LogP contribution in [0.3, 0.4) is 0 Å². The summed E-state index contributed by atoms with van der Waals surface area (Å²) in [4.78, 5) is 35.2. The van der Waals surface area contributed by atoms with E-state index in [4.69, 9.17) is 15.6 Å². The van der Waals surface area contributed by atoms with Gasteiger partial charge in [0.2, 0.25) is 5.91 Å². The number of likely N-dealkylation sites (tertiary alicyclic amines) is 1. The molecule has 0 spiro atoms. The number of fused-ring (bicyclic) bond motifs is 1. The molecule has 0 aliphatic carbocycles. The van der Waals surface area contributed by atoms with Crippen molar-refractivity contribution in [2.45, 2.75) is 25.4 Å². The van der Waals surface area contributed by atoms with Crippen molar-refractivity contribution in [3.8, 4) is 17.0 Å². The number of carbonyl (C=O) groups excluding carboxylic acids is 2. The van der Waals surface area contributed by atoms with E-state index in [0.29, 0.717) is 53.5 Å². The van der Waals surface area contributed by atoms with E-state index in [1.807, 2.05) is 28.9 Å². The third kappa shape index (κ3) is 4.93. The van der Waals surface area contributed by atoms with Gasteiger partial charge in [-0.05, 0) is 48.7 Å². The van der Waals surface area contributed by atoms with E-state index in [1.54, 1.807) is 36.3 Å². The molecule has 3 N–H and O–H groups in total. The number of nitrogens with two attached hydrogens (primary N) is 1. The zero-order valence-electron chi connectivity index (χ0n) is 21.1. The van der Waals surface area contributed by atoms with Crippen molar-refractivity contribution in [2.75, 3.05) is 25.9 Å². The molecule has 4 aromatic rings. The van der Waals surface area contributed by atoms with Crippen LogP contribution >= 0.6 is 0 Å². The molecule has 1 saturated heterocycles. The monoisotopic (exact) mass is 511 g/mol. The summed E-state index contributed by atoms with van der Waals surface area (Å²) >= 11 is 0. The van der Waals surface area contributed by atoms with Gasteiger partial charge >= 0.3 is 0 Å². The Hall–Kier alpha value is -4.73. The first-order valence-electron chi connectivity index (χ1n) is 12.4. The number of hydrogen-bond donors (Lipinski definition) is 2. The number of methoxy groups -OCH3 is 1. The number of carbonyl (C=O) groups is 2. The number of amides is 2. The summed E-state index contributed by atoms with van der Waals surface area (Å²) in [6.07, 6.45) is 4.51. The van der Waals surface area contributed by atoms with E-state index >= 15 is 0 Å². The Balaban J connectivity index is 1.37. The van der Waals surface area contributed by atoms with Crippen LogP contribution in [0.15, 0.2) is 67.5 Å². The van der Waals surface area contributed by atoms with Crippen molar-refractivity contribution in [1.82, 2.24) is 30.0 Å². The minimum atomic E-state index is -0.164. The number of nitrogens with one attached hydrogen (secondary N) is 1. The van der Waals surface area contributed by atoms with E-state index in [1.165, 1.54) is 12.4 Å². The van der Waals surface area contributed by atoms with Crippen LogP contribution in [-0.4, -0.2) is 56.7 Å². The van der Waals surface area contributed by atoms with Gasteiger partial charge in [-0.2, -0.15) is 5.10 Å². The average Bonchev–Trinajstić information content (AvgIpc) is 3.37. The van der Waals surface area contributed by atoms with Crippen LogP contribution in [0.4, 0.5) is 5.82 Å². The molecule has 0 bridgehead atoms. The highest BCUT2D eigenvalue weighted by Gasteiger charge is 2.28. The van der Waals surface area contributed by atoms with Gasteiger partial charge in [-0.3, -0.25) is 9.59 Å². The number of aromatic nitrogens is 4. The van der Waals surface area contributed by atoms with Crippen LogP contribution in [0.1, 0.15) is 34.8 Å². The molecule has 38 heavy (non-hydrogen) atoms. The molecule has 10 heteroatoms. The molecule has 1 aliphatic rings. The lowest BCUT2D eigenvalue weighted by atomic mass is 10.1. The van der Waals surface area contributed by atoms with Gasteiger partial charge in [0.25, 0.3) is 5.91 Å². The molecule has 1 atom stereocenters. The van der Waals surface area contributed by atoms with Crippen LogP contribution < -0.4 is 15.8 Å². The smallest absolute Gasteiger partial charge is 0.251 e. The zero-order chi connectivity index (χ0) is 26.6. The molecule has 2 amide bonds. The number of nitrogen functional groups attached to an aromatic ring is 1. The quantitative estimate of drug-likeness (QED) is 0.364. The molecule has 0 unspecified atom stereocenters. The molecular formula is C28H29N7O3. The van der Waals surface area contributed by atoms with Crippen LogP contribution in [-0.2, 0) is 11.3 Å². The molecule has 3 heterocycles. The maximum Gasteiger partial charge on any atom is 0.251 e. The molecule has 1 fully saturated rings. The van der Waals surface area contributed by atoms with Crippen molar-refractivity contribution in [2.24, 2.45) is 0 Å². The van der Waals surface area contributed by atoms with Gasteiger partial charge in [0.15, 0.2) is 5.65 Å². The zero-order valence-corrected chi connectivity index (χ0v) is 21.1. The van der Waals surface area contributed by atoms with Gasteiger partial charge in [-0.15, -0.1) is 0 Å². The first kappa shape index (κ1) is 24.9. The number of anilines is 1. The fraction of sp³-hybridized carbons (Fsp3) is 0.250. The predicted octanol–water partition coefficient (Wildman–Crippen LogP) is 3.36. The lowest BCUT2D eigenvalue weighted by Gasteiger charge is -2.32. The van der Waals surface area contributed by atoms with Gasteiger partial charge in [0, 0.05) is 30.8 Å². The number of benzene rings is 2. The number of hydrogen-bond acceptors (Lipinski definition) is 7. The average molecular weight is 512 g/mol. The van der Waals surface area contributed by atoms with Crippen LogP contribution in [0, 0.1) is 0 Å². The fourth-order valence-corrected chi connectivity index (χ4v) is 4.74. The standard InChI is InChI=1S/C28H29N7O3/c1-3-23(36)34-14-4-5-21(16-34)35-27-24(26(29)31-17-32-27)25(33-35)19-8-6-18(7-9-19)15-30-28(37)20-10-12-22(38-2)13-11-20/h3,6-13,17,21H,1,4-5,14-16H2,2H3,(H,30,37)(H2,29,31,32)/t21-/m1/s1. The Bertz CT molecular complexity index is 1480. The third-order valence-electron chi connectivity index (χ3n) is 6.78. The molecular weight excluding hydrogens is 482 g/mol. The highest BCUT2D eigenvalue weighted by atomic mass is 16.5. The second-order valence-electron chi connectivity index (χ2n) is 9.14. The van der Waals surface area contributed by atoms with Crippen molar-refractivity contribution in [3.63, 3.8) is 0 Å². The summed E-state index contributed by atoms with van der Waals surface area (Å²) in [5.74, 6) is 0.796. The number of nitrogens with zero attached hydrogens (tertiary/aromatic N) is 5. The molecule has 1 aliphatic heterocycles. The summed E-state index contributed by atoms with van der Waals surface area (Å²) in [5, 5.41) is 8.53. The Morgan fingerprint density at radius 1 is 1.16 bits per heavy atom. The summed E-state index contributed by atoms with van der Waals surface area (Å²) in [5.41, 5.74) is 9.96. The largest absolute Gasteiger partial charge is 0.497 e. The molecule has 2 aromatic heterocycles. The van der Waals surface area contributed by atoms with E-state index in [2.05, 4.69) is 21.9 Å². The predicted molar refractivity (Wildman–Crippen MR) is 144 cm³/mol. The molecule has 0 saturated carbocycles. The second-order valence-corrected chi connectivity index (χ2v) is 9.14. The van der Waals surface area contributed by atoms with E-state index < -0.39 is 0 Å². The molecule has 5 rings (SSSR count). The fourth-order valence-electron chi connectivity index (χ4n) is 4.74.